The predicted octanol–water partition coefficient (Wildman–Crippen LogP) is 4.46. The number of hydrogen-bond acceptors (Lipinski definition) is 10. The van der Waals surface area contributed by atoms with Gasteiger partial charge in [0, 0.05) is 37.5 Å². The summed E-state index contributed by atoms with van der Waals surface area (Å²) in [5.41, 5.74) is 1.12. The average molecular weight is 612 g/mol. The highest BCUT2D eigenvalue weighted by molar-refractivity contribution is 7.93. The van der Waals surface area contributed by atoms with Gasteiger partial charge in [0.2, 0.25) is 16.0 Å². The molecule has 0 saturated carbocycles. The van der Waals surface area contributed by atoms with Gasteiger partial charge in [0.25, 0.3) is 0 Å². The third-order valence-electron chi connectivity index (χ3n) is 5.87. The molecule has 17 heteroatoms. The second-order valence-electron chi connectivity index (χ2n) is 8.92. The number of nitrogens with zero attached hydrogens (tertiary/aromatic N) is 6. The Labute approximate surface area is 237 Å². The Kier molecular flexibility index (Phi) is 9.20. The summed E-state index contributed by atoms with van der Waals surface area (Å²) < 4.78 is 98.6. The molecule has 0 amide bonds. The zero-order valence-corrected chi connectivity index (χ0v) is 23.4. The lowest BCUT2D eigenvalue weighted by Gasteiger charge is -2.23. The van der Waals surface area contributed by atoms with Gasteiger partial charge in [-0.15, -0.1) is 10.2 Å². The smallest absolute Gasteiger partial charge is 0.387 e. The van der Waals surface area contributed by atoms with Crippen molar-refractivity contribution in [2.75, 3.05) is 11.8 Å². The normalized spacial score (nSPS) is 13.3. The number of anilines is 1. The number of sulfonamides is 1. The average Bonchev–Trinajstić information content (AvgIpc) is 3.32. The number of methoxy groups -OCH3 is 1. The predicted molar refractivity (Wildman–Crippen MR) is 141 cm³/mol. The van der Waals surface area contributed by atoms with E-state index in [9.17, 15) is 26.0 Å². The molecule has 1 N–H and O–H groups in total. The molecule has 42 heavy (non-hydrogen) atoms. The SMILES string of the molecule is CO[C@H](c1ncc(C)cn1)[C@H](C)S(=O)(=O)Nc1nnc(-c2cncc(C)c2)n1-c1c(OC(F)F)cccc1OC(F)F. The number of aromatic nitrogens is 6. The van der Waals surface area contributed by atoms with Gasteiger partial charge in [-0.3, -0.25) is 14.3 Å². The Morgan fingerprint density at radius 1 is 0.905 bits per heavy atom. The maximum Gasteiger partial charge on any atom is 0.387 e. The molecule has 2 atom stereocenters. The molecule has 0 radical (unpaired) electrons. The van der Waals surface area contributed by atoms with Gasteiger partial charge in [0.1, 0.15) is 17.0 Å². The summed E-state index contributed by atoms with van der Waals surface area (Å²) in [6.45, 7) is -1.96. The summed E-state index contributed by atoms with van der Waals surface area (Å²) >= 11 is 0. The molecule has 0 aliphatic heterocycles. The number of hydrogen-bond donors (Lipinski definition) is 1. The standard InChI is InChI=1S/C25H25F4N7O5S/c1-13-8-16(12-30-9-13)22-33-34-25(35-42(37,38)15(3)20(39-4)21-31-10-14(2)11-32-21)36(22)19-17(40-23(26)27)6-5-7-18(19)41-24(28)29/h5-12,15,20,23-24H,1-4H3,(H,34,35)/t15-,20-/m0/s1. The van der Waals surface area contributed by atoms with Crippen LogP contribution in [0, 0.1) is 13.8 Å². The van der Waals surface area contributed by atoms with Crippen LogP contribution in [0.3, 0.4) is 0 Å². The van der Waals surface area contributed by atoms with Gasteiger partial charge in [0.15, 0.2) is 23.1 Å². The molecule has 4 aromatic rings. The molecule has 0 aliphatic rings. The molecule has 0 aliphatic carbocycles. The van der Waals surface area contributed by atoms with E-state index in [1.54, 1.807) is 19.9 Å². The molecular formula is C25H25F4N7O5S. The van der Waals surface area contributed by atoms with Gasteiger partial charge in [-0.1, -0.05) is 6.07 Å². The number of pyridine rings is 1. The minimum absolute atomic E-state index is 0.0808. The van der Waals surface area contributed by atoms with Crippen LogP contribution in [0.15, 0.2) is 49.1 Å². The first-order valence-corrected chi connectivity index (χ1v) is 13.7. The van der Waals surface area contributed by atoms with Crippen molar-refractivity contribution in [3.63, 3.8) is 0 Å². The topological polar surface area (TPSA) is 143 Å². The number of rotatable bonds is 12. The van der Waals surface area contributed by atoms with Gasteiger partial charge >= 0.3 is 13.2 Å². The second-order valence-corrected chi connectivity index (χ2v) is 11.0. The van der Waals surface area contributed by atoms with E-state index in [0.29, 0.717) is 5.56 Å². The number of aryl methyl sites for hydroxylation is 2. The lowest BCUT2D eigenvalue weighted by Crippen LogP contribution is -2.33. The van der Waals surface area contributed by atoms with Crippen LogP contribution in [-0.4, -0.2) is 63.7 Å². The van der Waals surface area contributed by atoms with Crippen LogP contribution in [0.1, 0.15) is 30.0 Å². The number of halogens is 4. The molecule has 4 rings (SSSR count). The monoisotopic (exact) mass is 611 g/mol. The quantitative estimate of drug-likeness (QED) is 0.228. The molecule has 0 spiro atoms. The zero-order valence-electron chi connectivity index (χ0n) is 22.6. The molecule has 3 aromatic heterocycles. The third-order valence-corrected chi connectivity index (χ3v) is 7.57. The van der Waals surface area contributed by atoms with Crippen molar-refractivity contribution in [2.45, 2.75) is 45.3 Å². The highest BCUT2D eigenvalue weighted by Crippen LogP contribution is 2.39. The van der Waals surface area contributed by atoms with E-state index in [2.05, 4.69) is 39.3 Å². The Hall–Kier alpha value is -4.38. The summed E-state index contributed by atoms with van der Waals surface area (Å²) in [6.07, 6.45) is 4.70. The number of ether oxygens (including phenoxy) is 3. The van der Waals surface area contributed by atoms with Gasteiger partial charge in [0.05, 0.1) is 0 Å². The first kappa shape index (κ1) is 30.6. The van der Waals surface area contributed by atoms with Gasteiger partial charge in [-0.25, -0.2) is 18.4 Å². The zero-order chi connectivity index (χ0) is 30.6. The Bertz CT molecular complexity index is 1610. The van der Waals surface area contributed by atoms with E-state index in [0.717, 1.165) is 28.3 Å². The van der Waals surface area contributed by atoms with Crippen LogP contribution in [0.5, 0.6) is 11.5 Å². The van der Waals surface area contributed by atoms with Crippen LogP contribution in [0.2, 0.25) is 0 Å². The van der Waals surface area contributed by atoms with Crippen LogP contribution in [0.25, 0.3) is 17.1 Å². The Morgan fingerprint density at radius 3 is 2.07 bits per heavy atom. The molecule has 3 heterocycles. The van der Waals surface area contributed by atoms with Gasteiger partial charge in [-0.2, -0.15) is 17.6 Å². The fraction of sp³-hybridized carbons (Fsp3) is 0.320. The molecule has 0 saturated heterocycles. The van der Waals surface area contributed by atoms with E-state index in [-0.39, 0.29) is 17.2 Å². The van der Waals surface area contributed by atoms with Crippen molar-refractivity contribution in [1.82, 2.24) is 29.7 Å². The molecule has 0 unspecified atom stereocenters. The van der Waals surface area contributed by atoms with Crippen LogP contribution >= 0.6 is 0 Å². The molecule has 224 valence electrons. The molecule has 0 fully saturated rings. The summed E-state index contributed by atoms with van der Waals surface area (Å²) in [6, 6.07) is 4.87. The van der Waals surface area contributed by atoms with E-state index in [1.165, 1.54) is 38.8 Å². The van der Waals surface area contributed by atoms with E-state index < -0.39 is 57.7 Å². The van der Waals surface area contributed by atoms with Crippen molar-refractivity contribution in [1.29, 1.82) is 0 Å². The second kappa shape index (κ2) is 12.6. The maximum absolute atomic E-state index is 13.6. The minimum Gasteiger partial charge on any atom is -0.432 e. The summed E-state index contributed by atoms with van der Waals surface area (Å²) in [5, 5.41) is 6.59. The Morgan fingerprint density at radius 2 is 1.52 bits per heavy atom. The molecular weight excluding hydrogens is 586 g/mol. The number of benzene rings is 1. The maximum atomic E-state index is 13.6. The lowest BCUT2D eigenvalue weighted by atomic mass is 10.2. The summed E-state index contributed by atoms with van der Waals surface area (Å²) in [5.74, 6) is -1.87. The van der Waals surface area contributed by atoms with E-state index in [4.69, 9.17) is 4.74 Å². The number of para-hydroxylation sites is 1. The van der Waals surface area contributed by atoms with E-state index in [1.807, 2.05) is 0 Å². The van der Waals surface area contributed by atoms with Crippen molar-refractivity contribution in [3.05, 3.63) is 66.0 Å². The summed E-state index contributed by atoms with van der Waals surface area (Å²) in [7, 11) is -3.16. The van der Waals surface area contributed by atoms with E-state index >= 15 is 0 Å². The largest absolute Gasteiger partial charge is 0.432 e. The van der Waals surface area contributed by atoms with Crippen LogP contribution < -0.4 is 14.2 Å². The fourth-order valence-corrected chi connectivity index (χ4v) is 5.10. The van der Waals surface area contributed by atoms with Crippen molar-refractivity contribution >= 4 is 16.0 Å². The van der Waals surface area contributed by atoms with Gasteiger partial charge < -0.3 is 14.2 Å². The molecule has 0 bridgehead atoms. The first-order valence-electron chi connectivity index (χ1n) is 12.1. The van der Waals surface area contributed by atoms with Crippen molar-refractivity contribution in [3.8, 4) is 28.6 Å². The third kappa shape index (κ3) is 6.73. The minimum atomic E-state index is -4.43. The van der Waals surface area contributed by atoms with Crippen molar-refractivity contribution < 1.29 is 40.2 Å². The molecule has 12 nitrogen and oxygen atoms in total. The molecule has 1 aromatic carbocycles. The van der Waals surface area contributed by atoms with Crippen LogP contribution in [-0.2, 0) is 14.8 Å². The lowest BCUT2D eigenvalue weighted by molar-refractivity contribution is -0.0542. The highest BCUT2D eigenvalue weighted by atomic mass is 32.2. The number of nitrogens with one attached hydrogen (secondary N) is 1. The summed E-state index contributed by atoms with van der Waals surface area (Å²) in [4.78, 5) is 12.4. The van der Waals surface area contributed by atoms with Crippen molar-refractivity contribution in [2.24, 2.45) is 0 Å². The first-order chi connectivity index (χ1) is 19.9. The van der Waals surface area contributed by atoms with Crippen LogP contribution in [0.4, 0.5) is 23.5 Å². The highest BCUT2D eigenvalue weighted by Gasteiger charge is 2.35. The van der Waals surface area contributed by atoms with Gasteiger partial charge in [-0.05, 0) is 50.1 Å². The fourth-order valence-electron chi connectivity index (χ4n) is 3.97. The number of alkyl halides is 4. The Balaban J connectivity index is 1.89.